The lowest BCUT2D eigenvalue weighted by molar-refractivity contribution is -0.140. The molecule has 6 heteroatoms. The van der Waals surface area contributed by atoms with Gasteiger partial charge in [0.2, 0.25) is 0 Å². The molecule has 3 aromatic rings. The Morgan fingerprint density at radius 2 is 1.88 bits per heavy atom. The molecule has 0 fully saturated rings. The Bertz CT molecular complexity index is 924. The van der Waals surface area contributed by atoms with E-state index in [9.17, 15) is 14.7 Å². The number of carboxylic acid groups (broad SMARTS) is 1. The minimum absolute atomic E-state index is 0.0522. The van der Waals surface area contributed by atoms with Crippen LogP contribution in [0.1, 0.15) is 23.6 Å². The number of hydrogen-bond donors (Lipinski definition) is 1. The van der Waals surface area contributed by atoms with Crippen molar-refractivity contribution in [1.82, 2.24) is 4.98 Å². The summed E-state index contributed by atoms with van der Waals surface area (Å²) < 4.78 is 0. The Morgan fingerprint density at radius 3 is 2.58 bits per heavy atom. The largest absolute Gasteiger partial charge is 0.481 e. The van der Waals surface area contributed by atoms with Gasteiger partial charge in [-0.05, 0) is 17.7 Å². The number of nitrogens with zero attached hydrogens (tertiary/aromatic N) is 1. The summed E-state index contributed by atoms with van der Waals surface area (Å²) in [5.41, 5.74) is 2.17. The first-order chi connectivity index (χ1) is 12.5. The fourth-order valence-electron chi connectivity index (χ4n) is 2.68. The highest BCUT2D eigenvalue weighted by Crippen LogP contribution is 2.27. The second kappa shape index (κ2) is 8.25. The summed E-state index contributed by atoms with van der Waals surface area (Å²) in [6.07, 6.45) is 0.0665. The number of halogens is 1. The van der Waals surface area contributed by atoms with Gasteiger partial charge in [0.05, 0.1) is 11.6 Å². The topological polar surface area (TPSA) is 67.3 Å². The first kappa shape index (κ1) is 18.3. The predicted octanol–water partition coefficient (Wildman–Crippen LogP) is 4.83. The molecule has 1 atom stereocenters. The molecule has 26 heavy (non-hydrogen) atoms. The number of Topliss-reactive ketones (excluding diaryl/α,β-unsaturated/α-hetero) is 1. The highest BCUT2D eigenvalue weighted by molar-refractivity contribution is 7.13. The predicted molar refractivity (Wildman–Crippen MR) is 103 cm³/mol. The molecule has 0 unspecified atom stereocenters. The van der Waals surface area contributed by atoms with E-state index in [1.54, 1.807) is 30.3 Å². The van der Waals surface area contributed by atoms with Crippen molar-refractivity contribution < 1.29 is 14.7 Å². The van der Waals surface area contributed by atoms with E-state index in [4.69, 9.17) is 11.6 Å². The molecule has 0 aliphatic heterocycles. The zero-order chi connectivity index (χ0) is 18.5. The summed E-state index contributed by atoms with van der Waals surface area (Å²) in [5, 5.41) is 12.7. The molecule has 2 aromatic carbocycles. The molecule has 0 saturated heterocycles. The first-order valence-electron chi connectivity index (χ1n) is 8.02. The fourth-order valence-corrected chi connectivity index (χ4v) is 3.68. The molecule has 0 aliphatic rings. The SMILES string of the molecule is O=C(Cc1csc(-c2cccc(Cl)c2)n1)C[C@H](C(=O)O)c1ccccc1. The van der Waals surface area contributed by atoms with E-state index in [2.05, 4.69) is 4.98 Å². The maximum absolute atomic E-state index is 12.4. The highest BCUT2D eigenvalue weighted by Gasteiger charge is 2.23. The van der Waals surface area contributed by atoms with Crippen LogP contribution in [0.2, 0.25) is 5.02 Å². The molecule has 1 heterocycles. The standard InChI is InChI=1S/C20H16ClNO3S/c21-15-8-4-7-14(9-15)19-22-16(12-26-19)10-17(23)11-18(20(24)25)13-5-2-1-3-6-13/h1-9,12,18H,10-11H2,(H,24,25)/t18-/m0/s1. The zero-order valence-corrected chi connectivity index (χ0v) is 15.3. The lowest BCUT2D eigenvalue weighted by Crippen LogP contribution is -2.17. The van der Waals surface area contributed by atoms with Crippen LogP contribution >= 0.6 is 22.9 Å². The molecule has 132 valence electrons. The van der Waals surface area contributed by atoms with Gasteiger partial charge in [-0.2, -0.15) is 0 Å². The van der Waals surface area contributed by atoms with E-state index in [0.29, 0.717) is 16.3 Å². The molecule has 0 spiro atoms. The third kappa shape index (κ3) is 4.56. The molecule has 1 N–H and O–H groups in total. The summed E-state index contributed by atoms with van der Waals surface area (Å²) in [6, 6.07) is 16.2. The number of rotatable bonds is 7. The van der Waals surface area contributed by atoms with Gasteiger partial charge in [0.15, 0.2) is 0 Å². The molecule has 1 aromatic heterocycles. The van der Waals surface area contributed by atoms with Crippen LogP contribution in [0, 0.1) is 0 Å². The first-order valence-corrected chi connectivity index (χ1v) is 9.28. The molecule has 0 aliphatic carbocycles. The minimum atomic E-state index is -0.998. The van der Waals surface area contributed by atoms with Crippen LogP contribution in [0.4, 0.5) is 0 Å². The molecule has 3 rings (SSSR count). The molecule has 0 saturated carbocycles. The Labute approximate surface area is 160 Å². The smallest absolute Gasteiger partial charge is 0.311 e. The van der Waals surface area contributed by atoms with Crippen molar-refractivity contribution in [2.24, 2.45) is 0 Å². The summed E-state index contributed by atoms with van der Waals surface area (Å²) in [5.74, 6) is -1.98. The third-order valence-electron chi connectivity index (χ3n) is 3.93. The van der Waals surface area contributed by atoms with Crippen LogP contribution in [0.25, 0.3) is 10.6 Å². The number of hydrogen-bond acceptors (Lipinski definition) is 4. The van der Waals surface area contributed by atoms with Gasteiger partial charge < -0.3 is 5.11 Å². The molecule has 4 nitrogen and oxygen atoms in total. The second-order valence-corrected chi connectivity index (χ2v) is 7.17. The number of aromatic nitrogens is 1. The van der Waals surface area contributed by atoms with E-state index in [-0.39, 0.29) is 18.6 Å². The Hall–Kier alpha value is -2.50. The average Bonchev–Trinajstić information content (AvgIpc) is 3.08. The summed E-state index contributed by atoms with van der Waals surface area (Å²) in [7, 11) is 0. The van der Waals surface area contributed by atoms with Crippen molar-refractivity contribution in [3.05, 3.63) is 76.3 Å². The molecular weight excluding hydrogens is 370 g/mol. The molecule has 0 bridgehead atoms. The van der Waals surface area contributed by atoms with Crippen LogP contribution in [0.5, 0.6) is 0 Å². The summed E-state index contributed by atoms with van der Waals surface area (Å²) >= 11 is 7.43. The van der Waals surface area contributed by atoms with Gasteiger partial charge in [-0.25, -0.2) is 4.98 Å². The fraction of sp³-hybridized carbons (Fsp3) is 0.150. The zero-order valence-electron chi connectivity index (χ0n) is 13.8. The van der Waals surface area contributed by atoms with Gasteiger partial charge in [0.25, 0.3) is 0 Å². The monoisotopic (exact) mass is 385 g/mol. The number of thiazole rings is 1. The van der Waals surface area contributed by atoms with Crippen LogP contribution in [0.15, 0.2) is 60.0 Å². The van der Waals surface area contributed by atoms with Crippen LogP contribution in [-0.4, -0.2) is 21.8 Å². The summed E-state index contributed by atoms with van der Waals surface area (Å²) in [6.45, 7) is 0. The van der Waals surface area contributed by atoms with Crippen LogP contribution in [-0.2, 0) is 16.0 Å². The molecule has 0 amide bonds. The quantitative estimate of drug-likeness (QED) is 0.632. The summed E-state index contributed by atoms with van der Waals surface area (Å²) in [4.78, 5) is 28.4. The van der Waals surface area contributed by atoms with Crippen molar-refractivity contribution in [3.63, 3.8) is 0 Å². The number of carboxylic acids is 1. The van der Waals surface area contributed by atoms with E-state index >= 15 is 0 Å². The van der Waals surface area contributed by atoms with Gasteiger partial charge in [-0.15, -0.1) is 11.3 Å². The average molecular weight is 386 g/mol. The van der Waals surface area contributed by atoms with E-state index in [0.717, 1.165) is 10.6 Å². The lowest BCUT2D eigenvalue weighted by atomic mass is 9.93. The number of carbonyl (C=O) groups is 2. The third-order valence-corrected chi connectivity index (χ3v) is 5.11. The normalized spacial score (nSPS) is 11.9. The number of ketones is 1. The van der Waals surface area contributed by atoms with Gasteiger partial charge in [-0.3, -0.25) is 9.59 Å². The second-order valence-electron chi connectivity index (χ2n) is 5.88. The van der Waals surface area contributed by atoms with Crippen LogP contribution in [0.3, 0.4) is 0 Å². The van der Waals surface area contributed by atoms with E-state index in [1.165, 1.54) is 11.3 Å². The van der Waals surface area contributed by atoms with Crippen molar-refractivity contribution in [2.75, 3.05) is 0 Å². The van der Waals surface area contributed by atoms with Crippen molar-refractivity contribution in [3.8, 4) is 10.6 Å². The Morgan fingerprint density at radius 1 is 1.12 bits per heavy atom. The van der Waals surface area contributed by atoms with Gasteiger partial charge in [0.1, 0.15) is 10.8 Å². The number of carbonyl (C=O) groups excluding carboxylic acids is 1. The number of benzene rings is 2. The number of aliphatic carboxylic acids is 1. The highest BCUT2D eigenvalue weighted by atomic mass is 35.5. The van der Waals surface area contributed by atoms with E-state index in [1.807, 2.05) is 29.6 Å². The van der Waals surface area contributed by atoms with Crippen molar-refractivity contribution in [1.29, 1.82) is 0 Å². The van der Waals surface area contributed by atoms with Gasteiger partial charge in [-0.1, -0.05) is 54.1 Å². The van der Waals surface area contributed by atoms with Gasteiger partial charge in [0, 0.05) is 28.8 Å². The Kier molecular flexibility index (Phi) is 5.81. The van der Waals surface area contributed by atoms with Crippen molar-refractivity contribution >= 4 is 34.7 Å². The minimum Gasteiger partial charge on any atom is -0.481 e. The van der Waals surface area contributed by atoms with Crippen LogP contribution < -0.4 is 0 Å². The van der Waals surface area contributed by atoms with Gasteiger partial charge >= 0.3 is 5.97 Å². The Balaban J connectivity index is 1.69. The molecule has 0 radical (unpaired) electrons. The maximum Gasteiger partial charge on any atom is 0.311 e. The molecular formula is C20H16ClNO3S. The lowest BCUT2D eigenvalue weighted by Gasteiger charge is -2.11. The maximum atomic E-state index is 12.4. The van der Waals surface area contributed by atoms with Crippen molar-refractivity contribution in [2.45, 2.75) is 18.8 Å². The van der Waals surface area contributed by atoms with E-state index < -0.39 is 11.9 Å².